The first kappa shape index (κ1) is 15.7. The summed E-state index contributed by atoms with van der Waals surface area (Å²) in [7, 11) is 3.00. The molecule has 0 spiro atoms. The number of nitrogens with zero attached hydrogens (tertiary/aromatic N) is 2. The molecule has 0 saturated heterocycles. The zero-order chi connectivity index (χ0) is 17.9. The first-order chi connectivity index (χ1) is 11.9. The Morgan fingerprint density at radius 3 is 2.48 bits per heavy atom. The normalized spacial score (nSPS) is 18.5. The van der Waals surface area contributed by atoms with Crippen molar-refractivity contribution in [2.45, 2.75) is 5.92 Å². The first-order valence-corrected chi connectivity index (χ1v) is 8.00. The van der Waals surface area contributed by atoms with Gasteiger partial charge in [-0.2, -0.15) is 0 Å². The molecular weight excluding hydrogens is 346 g/mol. The van der Waals surface area contributed by atoms with Gasteiger partial charge in [-0.1, -0.05) is 23.7 Å². The standard InChI is InChI=1S/C17H14ClN3O4/c1-20-14-13(15(22)21(2)17(20)24)11(8-3-5-9(18)6-4-8)12-10(19-14)7-25-16(12)23/h3-6,11,19H,7H2,1-2H3. The summed E-state index contributed by atoms with van der Waals surface area (Å²) in [6.07, 6.45) is 0. The van der Waals surface area contributed by atoms with Gasteiger partial charge in [-0.25, -0.2) is 9.59 Å². The number of nitrogens with one attached hydrogen (secondary N) is 1. The van der Waals surface area contributed by atoms with Gasteiger partial charge in [0.2, 0.25) is 0 Å². The molecule has 0 saturated carbocycles. The molecule has 0 amide bonds. The molecule has 0 bridgehead atoms. The number of hydrogen-bond acceptors (Lipinski definition) is 5. The summed E-state index contributed by atoms with van der Waals surface area (Å²) in [5.74, 6) is -0.710. The van der Waals surface area contributed by atoms with Crippen molar-refractivity contribution in [2.75, 3.05) is 11.9 Å². The van der Waals surface area contributed by atoms with E-state index in [-0.39, 0.29) is 6.61 Å². The second-order valence-corrected chi connectivity index (χ2v) is 6.48. The van der Waals surface area contributed by atoms with E-state index in [1.807, 2.05) is 0 Å². The number of esters is 1. The van der Waals surface area contributed by atoms with Crippen LogP contribution in [-0.4, -0.2) is 21.7 Å². The molecule has 7 nitrogen and oxygen atoms in total. The Hall–Kier alpha value is -2.80. The van der Waals surface area contributed by atoms with Gasteiger partial charge < -0.3 is 10.1 Å². The van der Waals surface area contributed by atoms with Gasteiger partial charge in [0.1, 0.15) is 12.4 Å². The third kappa shape index (κ3) is 2.16. The van der Waals surface area contributed by atoms with Crippen LogP contribution in [0.3, 0.4) is 0 Å². The van der Waals surface area contributed by atoms with Crippen molar-refractivity contribution in [3.8, 4) is 0 Å². The van der Waals surface area contributed by atoms with Crippen molar-refractivity contribution in [2.24, 2.45) is 14.1 Å². The average molecular weight is 360 g/mol. The first-order valence-electron chi connectivity index (χ1n) is 7.62. The molecule has 1 aromatic heterocycles. The predicted molar refractivity (Wildman–Crippen MR) is 91.8 cm³/mol. The van der Waals surface area contributed by atoms with Crippen molar-refractivity contribution < 1.29 is 9.53 Å². The molecule has 2 aliphatic heterocycles. The number of anilines is 1. The number of carbonyl (C=O) groups excluding carboxylic acids is 1. The van der Waals surface area contributed by atoms with Crippen LogP contribution in [0.1, 0.15) is 17.0 Å². The number of fused-ring (bicyclic) bond motifs is 1. The summed E-state index contributed by atoms with van der Waals surface area (Å²) < 4.78 is 7.55. The fraction of sp³-hybridized carbons (Fsp3) is 0.235. The van der Waals surface area contributed by atoms with Gasteiger partial charge in [0.25, 0.3) is 5.56 Å². The van der Waals surface area contributed by atoms with Crippen LogP contribution in [0.4, 0.5) is 5.82 Å². The van der Waals surface area contributed by atoms with Gasteiger partial charge in [0, 0.05) is 19.1 Å². The van der Waals surface area contributed by atoms with Crippen LogP contribution in [0.15, 0.2) is 45.1 Å². The fourth-order valence-electron chi connectivity index (χ4n) is 3.37. The number of aromatic nitrogens is 2. The number of rotatable bonds is 1. The van der Waals surface area contributed by atoms with Gasteiger partial charge in [-0.05, 0) is 17.7 Å². The van der Waals surface area contributed by atoms with E-state index in [0.717, 1.165) is 10.1 Å². The molecule has 4 rings (SSSR count). The molecule has 25 heavy (non-hydrogen) atoms. The molecule has 1 atom stereocenters. The molecule has 0 fully saturated rings. The monoisotopic (exact) mass is 359 g/mol. The highest BCUT2D eigenvalue weighted by Crippen LogP contribution is 2.42. The maximum absolute atomic E-state index is 12.8. The van der Waals surface area contributed by atoms with Gasteiger partial charge >= 0.3 is 11.7 Å². The minimum atomic E-state index is -0.621. The molecule has 8 heteroatoms. The van der Waals surface area contributed by atoms with Crippen LogP contribution >= 0.6 is 11.6 Å². The SMILES string of the molecule is Cn1c2c(c(=O)n(C)c1=O)C(c1ccc(Cl)cc1)C1=C(COC1=O)N2. The summed E-state index contributed by atoms with van der Waals surface area (Å²) in [6, 6.07) is 6.93. The minimum Gasteiger partial charge on any atom is -0.456 e. The lowest BCUT2D eigenvalue weighted by Gasteiger charge is -2.28. The van der Waals surface area contributed by atoms with E-state index in [0.29, 0.717) is 27.7 Å². The molecule has 128 valence electrons. The number of carbonyl (C=O) groups is 1. The van der Waals surface area contributed by atoms with Crippen LogP contribution in [0, 0.1) is 0 Å². The molecule has 2 aliphatic rings. The van der Waals surface area contributed by atoms with Crippen LogP contribution in [0.5, 0.6) is 0 Å². The van der Waals surface area contributed by atoms with Gasteiger partial charge in [0.15, 0.2) is 0 Å². The number of ether oxygens (including phenoxy) is 1. The highest BCUT2D eigenvalue weighted by Gasteiger charge is 2.41. The third-order valence-corrected chi connectivity index (χ3v) is 4.89. The molecule has 1 unspecified atom stereocenters. The molecule has 0 aliphatic carbocycles. The zero-order valence-corrected chi connectivity index (χ0v) is 14.3. The Bertz CT molecular complexity index is 1060. The largest absolute Gasteiger partial charge is 0.456 e. The Morgan fingerprint density at radius 2 is 1.80 bits per heavy atom. The maximum Gasteiger partial charge on any atom is 0.337 e. The van der Waals surface area contributed by atoms with Crippen LogP contribution in [0.2, 0.25) is 5.02 Å². The van der Waals surface area contributed by atoms with Crippen molar-refractivity contribution in [1.29, 1.82) is 0 Å². The van der Waals surface area contributed by atoms with Crippen LogP contribution in [0.25, 0.3) is 0 Å². The third-order valence-electron chi connectivity index (χ3n) is 4.64. The highest BCUT2D eigenvalue weighted by molar-refractivity contribution is 6.30. The van der Waals surface area contributed by atoms with Gasteiger partial charge in [0.05, 0.1) is 22.8 Å². The molecular formula is C17H14ClN3O4. The van der Waals surface area contributed by atoms with Crippen LogP contribution < -0.4 is 16.6 Å². The zero-order valence-electron chi connectivity index (χ0n) is 13.5. The van der Waals surface area contributed by atoms with E-state index in [1.165, 1.54) is 11.6 Å². The molecule has 0 radical (unpaired) electrons. The lowest BCUT2D eigenvalue weighted by Crippen LogP contribution is -2.43. The van der Waals surface area contributed by atoms with Crippen molar-refractivity contribution in [3.63, 3.8) is 0 Å². The summed E-state index contributed by atoms with van der Waals surface area (Å²) in [6.45, 7) is 0.0844. The quantitative estimate of drug-likeness (QED) is 0.771. The second kappa shape index (κ2) is 5.35. The van der Waals surface area contributed by atoms with E-state index in [9.17, 15) is 14.4 Å². The van der Waals surface area contributed by atoms with Crippen molar-refractivity contribution in [1.82, 2.24) is 9.13 Å². The van der Waals surface area contributed by atoms with E-state index >= 15 is 0 Å². The summed E-state index contributed by atoms with van der Waals surface area (Å²) in [4.78, 5) is 37.4. The Labute approximate surface area is 147 Å². The predicted octanol–water partition coefficient (Wildman–Crippen LogP) is 1.11. The lowest BCUT2D eigenvalue weighted by atomic mass is 9.83. The summed E-state index contributed by atoms with van der Waals surface area (Å²) >= 11 is 5.97. The van der Waals surface area contributed by atoms with Crippen LogP contribution in [-0.2, 0) is 23.6 Å². The van der Waals surface area contributed by atoms with Gasteiger partial charge in [-0.15, -0.1) is 0 Å². The smallest absolute Gasteiger partial charge is 0.337 e. The summed E-state index contributed by atoms with van der Waals surface area (Å²) in [5, 5.41) is 3.59. The molecule has 2 aromatic rings. The van der Waals surface area contributed by atoms with E-state index < -0.39 is 23.1 Å². The number of benzene rings is 1. The number of hydrogen-bond donors (Lipinski definition) is 1. The number of cyclic esters (lactones) is 1. The lowest BCUT2D eigenvalue weighted by molar-refractivity contribution is -0.136. The van der Waals surface area contributed by atoms with E-state index in [4.69, 9.17) is 16.3 Å². The molecule has 3 heterocycles. The molecule has 1 N–H and O–H groups in total. The Kier molecular flexibility index (Phi) is 3.36. The van der Waals surface area contributed by atoms with E-state index in [2.05, 4.69) is 5.32 Å². The fourth-order valence-corrected chi connectivity index (χ4v) is 3.50. The van der Waals surface area contributed by atoms with E-state index in [1.54, 1.807) is 31.3 Å². The Balaban J connectivity index is 2.08. The summed E-state index contributed by atoms with van der Waals surface area (Å²) in [5.41, 5.74) is 1.14. The van der Waals surface area contributed by atoms with Crippen molar-refractivity contribution in [3.05, 3.63) is 72.5 Å². The maximum atomic E-state index is 12.8. The number of halogens is 1. The second-order valence-electron chi connectivity index (χ2n) is 6.05. The highest BCUT2D eigenvalue weighted by atomic mass is 35.5. The molecule has 1 aromatic carbocycles. The van der Waals surface area contributed by atoms with Crippen molar-refractivity contribution >= 4 is 23.4 Å². The minimum absolute atomic E-state index is 0.0844. The average Bonchev–Trinajstić information content (AvgIpc) is 2.98. The Morgan fingerprint density at radius 1 is 1.12 bits per heavy atom. The topological polar surface area (TPSA) is 82.3 Å². The van der Waals surface area contributed by atoms with Gasteiger partial charge in [-0.3, -0.25) is 13.9 Å².